The summed E-state index contributed by atoms with van der Waals surface area (Å²) in [5.74, 6) is -0.318. The lowest BCUT2D eigenvalue weighted by atomic mass is 9.80. The summed E-state index contributed by atoms with van der Waals surface area (Å²) in [6, 6.07) is 5.23. The van der Waals surface area contributed by atoms with Crippen molar-refractivity contribution >= 4 is 12.1 Å². The van der Waals surface area contributed by atoms with Crippen LogP contribution in [0.15, 0.2) is 18.2 Å². The lowest BCUT2D eigenvalue weighted by molar-refractivity contribution is -0.142. The van der Waals surface area contributed by atoms with E-state index in [0.29, 0.717) is 0 Å². The molecular formula is C24H37NO5. The van der Waals surface area contributed by atoms with Crippen molar-refractivity contribution in [1.29, 1.82) is 0 Å². The molecule has 1 fully saturated rings. The van der Waals surface area contributed by atoms with Gasteiger partial charge in [0.2, 0.25) is 0 Å². The van der Waals surface area contributed by atoms with Crippen LogP contribution in [0.2, 0.25) is 0 Å². The van der Waals surface area contributed by atoms with Crippen molar-refractivity contribution < 1.29 is 24.2 Å². The SMILES string of the molecule is CC(C)(C)OC(=O)N1C[C@@H](Oc2ccc(C(C)(C)C)cc2C(C)(C)C)C[C@H]1C(=O)O. The molecular weight excluding hydrogens is 382 g/mol. The van der Waals surface area contributed by atoms with E-state index in [2.05, 4.69) is 53.7 Å². The van der Waals surface area contributed by atoms with Gasteiger partial charge in [-0.1, -0.05) is 53.7 Å². The fourth-order valence-electron chi connectivity index (χ4n) is 3.50. The Morgan fingerprint density at radius 3 is 2.07 bits per heavy atom. The van der Waals surface area contributed by atoms with Crippen molar-refractivity contribution in [3.63, 3.8) is 0 Å². The van der Waals surface area contributed by atoms with Crippen LogP contribution in [0.3, 0.4) is 0 Å². The molecule has 2 atom stereocenters. The van der Waals surface area contributed by atoms with E-state index in [0.717, 1.165) is 11.3 Å². The highest BCUT2D eigenvalue weighted by Crippen LogP contribution is 2.37. The van der Waals surface area contributed by atoms with E-state index in [1.165, 1.54) is 10.5 Å². The van der Waals surface area contributed by atoms with Crippen LogP contribution in [-0.2, 0) is 20.4 Å². The first-order valence-corrected chi connectivity index (χ1v) is 10.5. The Morgan fingerprint density at radius 2 is 1.60 bits per heavy atom. The average molecular weight is 420 g/mol. The molecule has 2 rings (SSSR count). The summed E-state index contributed by atoms with van der Waals surface area (Å²) in [7, 11) is 0. The van der Waals surface area contributed by atoms with E-state index >= 15 is 0 Å². The molecule has 0 saturated carbocycles. The van der Waals surface area contributed by atoms with Gasteiger partial charge in [0.25, 0.3) is 0 Å². The van der Waals surface area contributed by atoms with Gasteiger partial charge in [0.1, 0.15) is 23.5 Å². The van der Waals surface area contributed by atoms with E-state index in [1.54, 1.807) is 20.8 Å². The van der Waals surface area contributed by atoms with Crippen molar-refractivity contribution in [2.45, 2.75) is 97.3 Å². The summed E-state index contributed by atoms with van der Waals surface area (Å²) < 4.78 is 11.7. The van der Waals surface area contributed by atoms with E-state index in [1.807, 2.05) is 6.07 Å². The highest BCUT2D eigenvalue weighted by Gasteiger charge is 2.43. The smallest absolute Gasteiger partial charge is 0.411 e. The summed E-state index contributed by atoms with van der Waals surface area (Å²) >= 11 is 0. The van der Waals surface area contributed by atoms with Gasteiger partial charge in [-0.3, -0.25) is 4.90 Å². The number of ether oxygens (including phenoxy) is 2. The number of aliphatic carboxylic acids is 1. The Kier molecular flexibility index (Phi) is 6.51. The minimum absolute atomic E-state index is 0.00774. The molecule has 6 nitrogen and oxygen atoms in total. The number of carboxylic acids is 1. The third kappa shape index (κ3) is 5.89. The standard InChI is InChI=1S/C24H37NO5/c1-22(2,3)15-10-11-19(17(12-15)23(4,5)6)29-16-13-18(20(26)27)25(14-16)21(28)30-24(7,8)9/h10-12,16,18H,13-14H2,1-9H3,(H,26,27)/t16-,18-/m0/s1. The predicted octanol–water partition coefficient (Wildman–Crippen LogP) is 5.12. The molecule has 1 N–H and O–H groups in total. The largest absolute Gasteiger partial charge is 0.488 e. The summed E-state index contributed by atoms with van der Waals surface area (Å²) in [5.41, 5.74) is 1.45. The monoisotopic (exact) mass is 419 g/mol. The van der Waals surface area contributed by atoms with E-state index in [4.69, 9.17) is 9.47 Å². The number of rotatable bonds is 3. The third-order valence-electron chi connectivity index (χ3n) is 5.12. The van der Waals surface area contributed by atoms with Crippen molar-refractivity contribution in [2.24, 2.45) is 0 Å². The van der Waals surface area contributed by atoms with E-state index in [-0.39, 0.29) is 23.8 Å². The molecule has 1 saturated heterocycles. The van der Waals surface area contributed by atoms with Gasteiger partial charge in [-0.25, -0.2) is 9.59 Å². The second-order valence-corrected chi connectivity index (χ2v) is 11.2. The first-order chi connectivity index (χ1) is 13.5. The molecule has 1 amide bonds. The predicted molar refractivity (Wildman–Crippen MR) is 117 cm³/mol. The molecule has 30 heavy (non-hydrogen) atoms. The van der Waals surface area contributed by atoms with Crippen molar-refractivity contribution in [2.75, 3.05) is 6.54 Å². The number of likely N-dealkylation sites (tertiary alicyclic amines) is 1. The zero-order valence-corrected chi connectivity index (χ0v) is 19.8. The number of benzene rings is 1. The number of nitrogens with zero attached hydrogens (tertiary/aromatic N) is 1. The van der Waals surface area contributed by atoms with Gasteiger partial charge < -0.3 is 14.6 Å². The number of carbonyl (C=O) groups excluding carboxylic acids is 1. The number of carbonyl (C=O) groups is 2. The number of hydrogen-bond acceptors (Lipinski definition) is 4. The number of amides is 1. The molecule has 1 heterocycles. The summed E-state index contributed by atoms with van der Waals surface area (Å²) in [6.07, 6.45) is -0.820. The Bertz CT molecular complexity index is 795. The van der Waals surface area contributed by atoms with Gasteiger partial charge in [-0.15, -0.1) is 0 Å². The molecule has 0 aliphatic carbocycles. The Morgan fingerprint density at radius 1 is 1.00 bits per heavy atom. The van der Waals surface area contributed by atoms with Gasteiger partial charge in [0, 0.05) is 6.42 Å². The van der Waals surface area contributed by atoms with Crippen LogP contribution in [0.1, 0.15) is 79.9 Å². The van der Waals surface area contributed by atoms with Gasteiger partial charge in [0.05, 0.1) is 6.54 Å². The minimum Gasteiger partial charge on any atom is -0.488 e. The first-order valence-electron chi connectivity index (χ1n) is 10.5. The fraction of sp³-hybridized carbons (Fsp3) is 0.667. The highest BCUT2D eigenvalue weighted by molar-refractivity contribution is 5.81. The highest BCUT2D eigenvalue weighted by atomic mass is 16.6. The van der Waals surface area contributed by atoms with Crippen LogP contribution in [0.25, 0.3) is 0 Å². The van der Waals surface area contributed by atoms with Crippen LogP contribution in [0.4, 0.5) is 4.79 Å². The maximum atomic E-state index is 12.5. The van der Waals surface area contributed by atoms with Gasteiger partial charge in [-0.05, 0) is 48.8 Å². The Hall–Kier alpha value is -2.24. The normalized spacial score (nSPS) is 20.2. The lowest BCUT2D eigenvalue weighted by Gasteiger charge is -2.28. The Labute approximate surface area is 180 Å². The molecule has 6 heteroatoms. The lowest BCUT2D eigenvalue weighted by Crippen LogP contribution is -2.43. The van der Waals surface area contributed by atoms with Gasteiger partial charge in [-0.2, -0.15) is 0 Å². The fourth-order valence-corrected chi connectivity index (χ4v) is 3.50. The molecule has 0 aromatic heterocycles. The molecule has 0 unspecified atom stereocenters. The molecule has 168 valence electrons. The summed E-state index contributed by atoms with van der Waals surface area (Å²) in [4.78, 5) is 25.6. The zero-order valence-electron chi connectivity index (χ0n) is 19.8. The number of carboxylic acid groups (broad SMARTS) is 1. The molecule has 1 aliphatic heterocycles. The van der Waals surface area contributed by atoms with Crippen molar-refractivity contribution in [3.05, 3.63) is 29.3 Å². The van der Waals surface area contributed by atoms with Gasteiger partial charge in [0.15, 0.2) is 0 Å². The minimum atomic E-state index is -1.05. The average Bonchev–Trinajstić information content (AvgIpc) is 2.96. The third-order valence-corrected chi connectivity index (χ3v) is 5.12. The maximum absolute atomic E-state index is 12.5. The first kappa shape index (κ1) is 24.0. The summed E-state index contributed by atoms with van der Waals surface area (Å²) in [6.45, 7) is 18.4. The van der Waals surface area contributed by atoms with Crippen LogP contribution < -0.4 is 4.74 Å². The van der Waals surface area contributed by atoms with Crippen molar-refractivity contribution in [1.82, 2.24) is 4.90 Å². The van der Waals surface area contributed by atoms with Gasteiger partial charge >= 0.3 is 12.1 Å². The number of hydrogen-bond donors (Lipinski definition) is 1. The van der Waals surface area contributed by atoms with Crippen LogP contribution in [0, 0.1) is 0 Å². The molecule has 0 spiro atoms. The molecule has 0 bridgehead atoms. The Balaban J connectivity index is 2.29. The van der Waals surface area contributed by atoms with Crippen LogP contribution >= 0.6 is 0 Å². The second kappa shape index (κ2) is 8.12. The van der Waals surface area contributed by atoms with E-state index in [9.17, 15) is 14.7 Å². The molecule has 1 aromatic rings. The second-order valence-electron chi connectivity index (χ2n) is 11.2. The quantitative estimate of drug-likeness (QED) is 0.736. The zero-order chi connectivity index (χ0) is 23.1. The van der Waals surface area contributed by atoms with E-state index < -0.39 is 29.8 Å². The molecule has 1 aromatic carbocycles. The van der Waals surface area contributed by atoms with Crippen LogP contribution in [-0.4, -0.2) is 46.4 Å². The maximum Gasteiger partial charge on any atom is 0.411 e. The molecule has 1 aliphatic rings. The van der Waals surface area contributed by atoms with Crippen LogP contribution in [0.5, 0.6) is 5.75 Å². The summed E-state index contributed by atoms with van der Waals surface area (Å²) in [5, 5.41) is 9.62. The molecule has 0 radical (unpaired) electrons. The van der Waals surface area contributed by atoms with Crippen molar-refractivity contribution in [3.8, 4) is 5.75 Å². The topological polar surface area (TPSA) is 76.1 Å².